The van der Waals surface area contributed by atoms with Crippen molar-refractivity contribution in [2.24, 2.45) is 5.41 Å². The molecule has 4 rings (SSSR count). The lowest BCUT2D eigenvalue weighted by Gasteiger charge is -2.45. The van der Waals surface area contributed by atoms with Crippen LogP contribution in [-0.2, 0) is 0 Å². The largest absolute Gasteiger partial charge is 0.382 e. The lowest BCUT2D eigenvalue weighted by Crippen LogP contribution is -2.46. The van der Waals surface area contributed by atoms with Crippen molar-refractivity contribution in [1.29, 1.82) is 0 Å². The summed E-state index contributed by atoms with van der Waals surface area (Å²) in [5, 5.41) is 17.9. The topological polar surface area (TPSA) is 65.6 Å². The highest BCUT2D eigenvalue weighted by Gasteiger charge is 2.45. The van der Waals surface area contributed by atoms with Crippen LogP contribution in [0.1, 0.15) is 19.3 Å². The number of nitrogens with zero attached hydrogens (tertiary/aromatic N) is 2. The van der Waals surface area contributed by atoms with Crippen molar-refractivity contribution in [3.63, 3.8) is 0 Å². The van der Waals surface area contributed by atoms with E-state index in [9.17, 15) is 0 Å². The second-order valence-electron chi connectivity index (χ2n) is 5.70. The van der Waals surface area contributed by atoms with Crippen LogP contribution in [0.2, 0.25) is 0 Å². The lowest BCUT2D eigenvalue weighted by molar-refractivity contribution is 0.142. The molecule has 1 aromatic carbocycles. The molecular weight excluding hydrogens is 226 g/mol. The number of aromatic nitrogens is 3. The fourth-order valence-corrected chi connectivity index (χ4v) is 3.40. The summed E-state index contributed by atoms with van der Waals surface area (Å²) in [5.41, 5.74) is 3.60. The van der Waals surface area contributed by atoms with Crippen molar-refractivity contribution >= 4 is 16.7 Å². The number of aromatic amines is 1. The van der Waals surface area contributed by atoms with E-state index in [-0.39, 0.29) is 0 Å². The molecule has 3 N–H and O–H groups in total. The predicted molar refractivity (Wildman–Crippen MR) is 70.5 cm³/mol. The van der Waals surface area contributed by atoms with Gasteiger partial charge in [0, 0.05) is 18.3 Å². The molecule has 1 saturated carbocycles. The average molecular weight is 243 g/mol. The molecule has 0 bridgehead atoms. The molecule has 1 aromatic heterocycles. The van der Waals surface area contributed by atoms with E-state index >= 15 is 0 Å². The van der Waals surface area contributed by atoms with Gasteiger partial charge in [-0.15, -0.1) is 0 Å². The third kappa shape index (κ3) is 1.58. The first-order valence-electron chi connectivity index (χ1n) is 6.61. The van der Waals surface area contributed by atoms with E-state index in [0.29, 0.717) is 11.5 Å². The number of nitrogens with one attached hydrogen (secondary N) is 3. The van der Waals surface area contributed by atoms with E-state index in [1.54, 1.807) is 0 Å². The van der Waals surface area contributed by atoms with Crippen LogP contribution in [0.15, 0.2) is 18.2 Å². The molecule has 5 nitrogen and oxygen atoms in total. The van der Waals surface area contributed by atoms with Crippen LogP contribution in [0.3, 0.4) is 0 Å². The molecule has 5 heteroatoms. The normalized spacial score (nSPS) is 30.8. The first-order chi connectivity index (χ1) is 8.83. The van der Waals surface area contributed by atoms with E-state index in [4.69, 9.17) is 0 Å². The van der Waals surface area contributed by atoms with E-state index in [1.807, 2.05) is 6.07 Å². The van der Waals surface area contributed by atoms with Crippen LogP contribution in [0.4, 0.5) is 5.69 Å². The standard InChI is InChI=1S/C13H17N5/c1-2-11-12(17-18-16-11)5-9(1)15-10-6-13(7-10)3-4-14-8-13/h1-2,5,10,14-15H,3-4,6-8H2,(H,16,17,18). The molecule has 1 spiro atoms. The van der Waals surface area contributed by atoms with Crippen molar-refractivity contribution in [3.8, 4) is 0 Å². The Morgan fingerprint density at radius 3 is 2.94 bits per heavy atom. The van der Waals surface area contributed by atoms with Crippen LogP contribution in [0.5, 0.6) is 0 Å². The van der Waals surface area contributed by atoms with Crippen LogP contribution < -0.4 is 10.6 Å². The first-order valence-corrected chi connectivity index (χ1v) is 6.61. The van der Waals surface area contributed by atoms with Crippen LogP contribution in [-0.4, -0.2) is 34.5 Å². The summed E-state index contributed by atoms with van der Waals surface area (Å²) in [6, 6.07) is 6.78. The third-order valence-electron chi connectivity index (χ3n) is 4.38. The number of hydrogen-bond acceptors (Lipinski definition) is 4. The summed E-state index contributed by atoms with van der Waals surface area (Å²) in [6.07, 6.45) is 3.92. The van der Waals surface area contributed by atoms with Gasteiger partial charge < -0.3 is 10.6 Å². The van der Waals surface area contributed by atoms with E-state index in [1.165, 1.54) is 32.4 Å². The Kier molecular flexibility index (Phi) is 2.11. The molecule has 2 fully saturated rings. The fourth-order valence-electron chi connectivity index (χ4n) is 3.40. The highest BCUT2D eigenvalue weighted by atomic mass is 15.3. The van der Waals surface area contributed by atoms with Crippen molar-refractivity contribution in [3.05, 3.63) is 18.2 Å². The van der Waals surface area contributed by atoms with Gasteiger partial charge in [0.1, 0.15) is 11.0 Å². The van der Waals surface area contributed by atoms with E-state index < -0.39 is 0 Å². The maximum Gasteiger partial charge on any atom is 0.115 e. The van der Waals surface area contributed by atoms with Gasteiger partial charge in [-0.2, -0.15) is 15.4 Å². The lowest BCUT2D eigenvalue weighted by atomic mass is 9.65. The summed E-state index contributed by atoms with van der Waals surface area (Å²) >= 11 is 0. The number of anilines is 1. The summed E-state index contributed by atoms with van der Waals surface area (Å²) < 4.78 is 0. The van der Waals surface area contributed by atoms with Gasteiger partial charge in [0.15, 0.2) is 0 Å². The molecular formula is C13H17N5. The van der Waals surface area contributed by atoms with Crippen LogP contribution >= 0.6 is 0 Å². The van der Waals surface area contributed by atoms with Crippen molar-refractivity contribution in [2.45, 2.75) is 25.3 Å². The molecule has 2 aliphatic rings. The molecule has 2 aromatic rings. The minimum Gasteiger partial charge on any atom is -0.382 e. The molecule has 0 amide bonds. The second-order valence-corrected chi connectivity index (χ2v) is 5.70. The van der Waals surface area contributed by atoms with Crippen molar-refractivity contribution in [1.82, 2.24) is 20.7 Å². The zero-order chi connectivity index (χ0) is 12.0. The Morgan fingerprint density at radius 2 is 2.11 bits per heavy atom. The number of H-pyrrole nitrogens is 1. The Bertz CT molecular complexity index is 562. The van der Waals surface area contributed by atoms with Gasteiger partial charge in [-0.05, 0) is 49.4 Å². The fraction of sp³-hybridized carbons (Fsp3) is 0.538. The second kappa shape index (κ2) is 3.68. The van der Waals surface area contributed by atoms with Crippen molar-refractivity contribution in [2.75, 3.05) is 18.4 Å². The minimum atomic E-state index is 0.593. The molecule has 1 saturated heterocycles. The smallest absolute Gasteiger partial charge is 0.115 e. The maximum atomic E-state index is 4.12. The average Bonchev–Trinajstić information content (AvgIpc) is 2.95. The van der Waals surface area contributed by atoms with Crippen LogP contribution in [0.25, 0.3) is 11.0 Å². The maximum absolute atomic E-state index is 4.12. The first kappa shape index (κ1) is 10.3. The number of benzene rings is 1. The molecule has 18 heavy (non-hydrogen) atoms. The molecule has 0 unspecified atom stereocenters. The van der Waals surface area contributed by atoms with Crippen LogP contribution in [0, 0.1) is 5.41 Å². The monoisotopic (exact) mass is 243 g/mol. The van der Waals surface area contributed by atoms with Gasteiger partial charge in [0.2, 0.25) is 0 Å². The SMILES string of the molecule is c1cc2n[nH]nc2cc1NC1CC2(CCNC2)C1. The molecule has 1 aliphatic heterocycles. The number of rotatable bonds is 2. The van der Waals surface area contributed by atoms with Gasteiger partial charge in [0.05, 0.1) is 0 Å². The van der Waals surface area contributed by atoms with Gasteiger partial charge >= 0.3 is 0 Å². The number of hydrogen-bond donors (Lipinski definition) is 3. The molecule has 1 aliphatic carbocycles. The molecule has 0 atom stereocenters. The Balaban J connectivity index is 1.46. The van der Waals surface area contributed by atoms with E-state index in [0.717, 1.165) is 16.7 Å². The van der Waals surface area contributed by atoms with Gasteiger partial charge in [-0.25, -0.2) is 0 Å². The molecule has 94 valence electrons. The summed E-state index contributed by atoms with van der Waals surface area (Å²) in [6.45, 7) is 2.39. The zero-order valence-electron chi connectivity index (χ0n) is 10.2. The Morgan fingerprint density at radius 1 is 1.22 bits per heavy atom. The summed E-state index contributed by atoms with van der Waals surface area (Å²) in [4.78, 5) is 0. The third-order valence-corrected chi connectivity index (χ3v) is 4.38. The summed E-state index contributed by atoms with van der Waals surface area (Å²) in [5.74, 6) is 0. The van der Waals surface area contributed by atoms with Gasteiger partial charge in [-0.3, -0.25) is 0 Å². The van der Waals surface area contributed by atoms with E-state index in [2.05, 4.69) is 38.2 Å². The highest BCUT2D eigenvalue weighted by molar-refractivity contribution is 5.78. The molecule has 2 heterocycles. The Labute approximate surface area is 105 Å². The predicted octanol–water partition coefficient (Wildman–Crippen LogP) is 1.51. The van der Waals surface area contributed by atoms with Crippen molar-refractivity contribution < 1.29 is 0 Å². The van der Waals surface area contributed by atoms with Gasteiger partial charge in [-0.1, -0.05) is 0 Å². The quantitative estimate of drug-likeness (QED) is 0.748. The minimum absolute atomic E-state index is 0.593. The van der Waals surface area contributed by atoms with Gasteiger partial charge in [0.25, 0.3) is 0 Å². The summed E-state index contributed by atoms with van der Waals surface area (Å²) in [7, 11) is 0. The highest BCUT2D eigenvalue weighted by Crippen LogP contribution is 2.46. The Hall–Kier alpha value is -1.62. The number of fused-ring (bicyclic) bond motifs is 1. The zero-order valence-corrected chi connectivity index (χ0v) is 10.2. The molecule has 0 radical (unpaired) electrons.